The van der Waals surface area contributed by atoms with Crippen molar-refractivity contribution in [2.45, 2.75) is 24.8 Å². The van der Waals surface area contributed by atoms with Crippen molar-refractivity contribution in [3.63, 3.8) is 0 Å². The molecule has 5 heteroatoms. The molecule has 4 nitrogen and oxygen atoms in total. The zero-order valence-electron chi connectivity index (χ0n) is 12.1. The van der Waals surface area contributed by atoms with Gasteiger partial charge in [0.1, 0.15) is 0 Å². The number of aryl methyl sites for hydroxylation is 1. The van der Waals surface area contributed by atoms with Gasteiger partial charge in [-0.05, 0) is 17.5 Å². The Morgan fingerprint density at radius 1 is 1.00 bits per heavy atom. The summed E-state index contributed by atoms with van der Waals surface area (Å²) in [6.45, 7) is 0.122. The van der Waals surface area contributed by atoms with Gasteiger partial charge in [0.05, 0.1) is 6.61 Å². The number of hydrogen-bond donors (Lipinski definition) is 1. The van der Waals surface area contributed by atoms with Crippen LogP contribution in [0.4, 0.5) is 0 Å². The fourth-order valence-corrected chi connectivity index (χ4v) is 2.56. The highest BCUT2D eigenvalue weighted by atomic mass is 31.1. The first-order valence-electron chi connectivity index (χ1n) is 7.01. The van der Waals surface area contributed by atoms with E-state index in [2.05, 4.69) is 0 Å². The van der Waals surface area contributed by atoms with Gasteiger partial charge in [-0.3, -0.25) is 0 Å². The van der Waals surface area contributed by atoms with Crippen LogP contribution < -0.4 is 0 Å². The van der Waals surface area contributed by atoms with Gasteiger partial charge < -0.3 is 9.84 Å². The molecule has 0 bridgehead atoms. The Labute approximate surface area is 131 Å². The second kappa shape index (κ2) is 7.83. The molecule has 0 radical (unpaired) electrons. The Hall–Kier alpha value is -2.03. The molecule has 0 aromatic heterocycles. The average molecular weight is 317 g/mol. The van der Waals surface area contributed by atoms with Gasteiger partial charge in [0.15, 0.2) is 0 Å². The summed E-state index contributed by atoms with van der Waals surface area (Å²) in [5, 5.41) is 7.80. The van der Waals surface area contributed by atoms with Crippen LogP contribution in [-0.2, 0) is 27.1 Å². The molecule has 0 saturated heterocycles. The molecule has 0 fully saturated rings. The Kier molecular flexibility index (Phi) is 5.82. The standard InChI is InChI=1S/C17H17O4P/c18-16(19)17(22-20,12-11-14-7-3-1-4-8-14)21-13-15-9-5-2-6-10-15/h1-10H,11-13H2,(H,18,19)/p+1. The summed E-state index contributed by atoms with van der Waals surface area (Å²) in [5.74, 6) is -1.19. The maximum Gasteiger partial charge on any atom is 0.387 e. The third-order valence-corrected chi connectivity index (χ3v) is 4.38. The van der Waals surface area contributed by atoms with Crippen molar-refractivity contribution in [2.75, 3.05) is 0 Å². The summed E-state index contributed by atoms with van der Waals surface area (Å²) in [4.78, 5) is 11.6. The van der Waals surface area contributed by atoms with Crippen LogP contribution in [0.1, 0.15) is 17.5 Å². The van der Waals surface area contributed by atoms with E-state index in [1.54, 1.807) is 0 Å². The Morgan fingerprint density at radius 2 is 1.55 bits per heavy atom. The van der Waals surface area contributed by atoms with Crippen molar-refractivity contribution in [3.05, 3.63) is 71.8 Å². The maximum atomic E-state index is 11.6. The molecule has 114 valence electrons. The number of benzene rings is 2. The molecular weight excluding hydrogens is 299 g/mol. The molecule has 0 heterocycles. The van der Waals surface area contributed by atoms with Crippen molar-refractivity contribution in [2.24, 2.45) is 0 Å². The molecule has 2 rings (SSSR count). The SMILES string of the molecule is O=[PH+]C(CCc1ccccc1)(OCc1ccccc1)C(=O)O. The zero-order valence-corrected chi connectivity index (χ0v) is 13.1. The molecule has 1 N–H and O–H groups in total. The molecule has 0 amide bonds. The van der Waals surface area contributed by atoms with Crippen LogP contribution in [0.5, 0.6) is 0 Å². The second-order valence-corrected chi connectivity index (χ2v) is 6.01. The number of carbonyl (C=O) groups is 1. The van der Waals surface area contributed by atoms with Gasteiger partial charge in [-0.25, -0.2) is 4.79 Å². The van der Waals surface area contributed by atoms with E-state index < -0.39 is 19.8 Å². The van der Waals surface area contributed by atoms with E-state index >= 15 is 0 Å². The number of ether oxygens (including phenoxy) is 1. The molecule has 0 saturated carbocycles. The van der Waals surface area contributed by atoms with Crippen molar-refractivity contribution >= 4 is 14.4 Å². The number of hydrogen-bond acceptors (Lipinski definition) is 3. The van der Waals surface area contributed by atoms with Gasteiger partial charge in [-0.1, -0.05) is 65.2 Å². The largest absolute Gasteiger partial charge is 0.476 e. The minimum absolute atomic E-state index is 0.122. The quantitative estimate of drug-likeness (QED) is 0.755. The van der Waals surface area contributed by atoms with Crippen molar-refractivity contribution < 1.29 is 19.2 Å². The van der Waals surface area contributed by atoms with E-state index in [9.17, 15) is 14.5 Å². The van der Waals surface area contributed by atoms with Gasteiger partial charge in [-0.15, -0.1) is 0 Å². The lowest BCUT2D eigenvalue weighted by Gasteiger charge is -2.17. The number of rotatable bonds is 8. The van der Waals surface area contributed by atoms with Crippen LogP contribution in [0.3, 0.4) is 0 Å². The Balaban J connectivity index is 2.06. The monoisotopic (exact) mass is 317 g/mol. The van der Waals surface area contributed by atoms with Crippen molar-refractivity contribution in [1.29, 1.82) is 0 Å². The van der Waals surface area contributed by atoms with E-state index in [1.165, 1.54) is 0 Å². The van der Waals surface area contributed by atoms with Crippen LogP contribution in [0.25, 0.3) is 0 Å². The van der Waals surface area contributed by atoms with E-state index in [4.69, 9.17) is 4.74 Å². The molecule has 22 heavy (non-hydrogen) atoms. The highest BCUT2D eigenvalue weighted by molar-refractivity contribution is 7.27. The van der Waals surface area contributed by atoms with Crippen LogP contribution in [0.15, 0.2) is 60.7 Å². The predicted octanol–water partition coefficient (Wildman–Crippen LogP) is 3.64. The number of carboxylic acids is 1. The average Bonchev–Trinajstić information content (AvgIpc) is 2.57. The van der Waals surface area contributed by atoms with Crippen LogP contribution in [-0.4, -0.2) is 16.4 Å². The zero-order chi connectivity index (χ0) is 15.8. The molecule has 2 aromatic carbocycles. The van der Waals surface area contributed by atoms with Crippen molar-refractivity contribution in [1.82, 2.24) is 0 Å². The fraction of sp³-hybridized carbons (Fsp3) is 0.235. The normalized spacial score (nSPS) is 13.6. The number of aliphatic carboxylic acids is 1. The summed E-state index contributed by atoms with van der Waals surface area (Å²) in [7, 11) is -1.07. The lowest BCUT2D eigenvalue weighted by molar-refractivity contribution is -0.156. The third kappa shape index (κ3) is 4.23. The van der Waals surface area contributed by atoms with Gasteiger partial charge in [-0.2, -0.15) is 0 Å². The van der Waals surface area contributed by atoms with E-state index in [1.807, 2.05) is 60.7 Å². The molecule has 2 atom stereocenters. The predicted molar refractivity (Wildman–Crippen MR) is 85.4 cm³/mol. The smallest absolute Gasteiger partial charge is 0.387 e. The van der Waals surface area contributed by atoms with Gasteiger partial charge in [0, 0.05) is 6.42 Å². The summed E-state index contributed by atoms with van der Waals surface area (Å²) in [6, 6.07) is 18.8. The maximum absolute atomic E-state index is 11.6. The minimum Gasteiger partial charge on any atom is -0.476 e. The lowest BCUT2D eigenvalue weighted by Crippen LogP contribution is -2.36. The Bertz CT molecular complexity index is 570. The first-order valence-corrected chi connectivity index (χ1v) is 7.91. The third-order valence-electron chi connectivity index (χ3n) is 3.45. The first kappa shape index (κ1) is 16.3. The highest BCUT2D eigenvalue weighted by Gasteiger charge is 2.48. The number of carboxylic acid groups (broad SMARTS) is 1. The van der Waals surface area contributed by atoms with E-state index in [0.717, 1.165) is 11.1 Å². The topological polar surface area (TPSA) is 63.6 Å². The van der Waals surface area contributed by atoms with Gasteiger partial charge in [0.25, 0.3) is 0 Å². The van der Waals surface area contributed by atoms with Crippen LogP contribution in [0.2, 0.25) is 0 Å². The summed E-state index contributed by atoms with van der Waals surface area (Å²) >= 11 is 0. The first-order chi connectivity index (χ1) is 10.7. The van der Waals surface area contributed by atoms with Crippen molar-refractivity contribution in [3.8, 4) is 0 Å². The lowest BCUT2D eigenvalue weighted by atomic mass is 10.1. The molecule has 2 unspecified atom stereocenters. The van der Waals surface area contributed by atoms with Crippen LogP contribution >= 0.6 is 8.46 Å². The Morgan fingerprint density at radius 3 is 2.05 bits per heavy atom. The van der Waals surface area contributed by atoms with Gasteiger partial charge >= 0.3 is 19.8 Å². The molecule has 0 aliphatic carbocycles. The summed E-state index contributed by atoms with van der Waals surface area (Å²) in [5.41, 5.74) is 1.85. The molecule has 2 aromatic rings. The molecular formula is C17H18O4P+. The highest BCUT2D eigenvalue weighted by Crippen LogP contribution is 2.32. The summed E-state index contributed by atoms with van der Waals surface area (Å²) in [6.07, 6.45) is 0.665. The molecule has 0 aliphatic heterocycles. The minimum atomic E-state index is -1.66. The van der Waals surface area contributed by atoms with E-state index in [-0.39, 0.29) is 13.0 Å². The second-order valence-electron chi connectivity index (χ2n) is 4.99. The fourth-order valence-electron chi connectivity index (χ4n) is 2.11. The van der Waals surface area contributed by atoms with Crippen LogP contribution in [0, 0.1) is 0 Å². The van der Waals surface area contributed by atoms with Gasteiger partial charge in [0.2, 0.25) is 0 Å². The molecule has 0 spiro atoms. The van der Waals surface area contributed by atoms with E-state index in [0.29, 0.717) is 6.42 Å². The molecule has 0 aliphatic rings. The summed E-state index contributed by atoms with van der Waals surface area (Å²) < 4.78 is 17.1.